The molecule has 0 aliphatic heterocycles. The summed E-state index contributed by atoms with van der Waals surface area (Å²) in [6, 6.07) is 25.6. The average Bonchev–Trinajstić information content (AvgIpc) is 2.80. The number of nitrogens with one attached hydrogen (secondary N) is 1. The SMILES string of the molecule is Cc1ccc2oc(-c3ccccc3)cc(=[NH+]c3ccc(OC(=O)C(C)C)cc3)c2c1.F[B-](F)(F)F. The third-order valence-corrected chi connectivity index (χ3v) is 4.80. The van der Waals surface area contributed by atoms with E-state index in [9.17, 15) is 22.1 Å². The minimum Gasteiger partial charge on any atom is -0.456 e. The highest BCUT2D eigenvalue weighted by Crippen LogP contribution is 2.22. The van der Waals surface area contributed by atoms with E-state index in [0.717, 1.165) is 38.9 Å². The van der Waals surface area contributed by atoms with E-state index >= 15 is 0 Å². The lowest BCUT2D eigenvalue weighted by Gasteiger charge is -2.05. The Bertz CT molecular complexity index is 1360. The first-order valence-electron chi connectivity index (χ1n) is 10.9. The summed E-state index contributed by atoms with van der Waals surface area (Å²) in [5, 5.41) is 1.95. The van der Waals surface area contributed by atoms with E-state index in [1.54, 1.807) is 12.1 Å². The van der Waals surface area contributed by atoms with E-state index in [1.165, 1.54) is 0 Å². The molecule has 0 bridgehead atoms. The first kappa shape index (κ1) is 25.7. The van der Waals surface area contributed by atoms with Crippen LogP contribution in [0.1, 0.15) is 19.4 Å². The van der Waals surface area contributed by atoms with Gasteiger partial charge in [-0.25, -0.2) is 4.99 Å². The number of esters is 1. The van der Waals surface area contributed by atoms with Crippen LogP contribution in [0.25, 0.3) is 22.3 Å². The molecule has 0 saturated carbocycles. The zero-order valence-electron chi connectivity index (χ0n) is 19.4. The van der Waals surface area contributed by atoms with Crippen molar-refractivity contribution in [3.05, 3.63) is 89.8 Å². The summed E-state index contributed by atoms with van der Waals surface area (Å²) in [7, 11) is -6.00. The van der Waals surface area contributed by atoms with Crippen molar-refractivity contribution in [2.45, 2.75) is 20.8 Å². The summed E-state index contributed by atoms with van der Waals surface area (Å²) in [5.41, 5.74) is 3.88. The number of carbonyl (C=O) groups is 1. The molecule has 0 saturated heterocycles. The average molecular weight is 485 g/mol. The molecule has 4 aromatic rings. The summed E-state index contributed by atoms with van der Waals surface area (Å²) < 4.78 is 50.5. The smallest absolute Gasteiger partial charge is 0.456 e. The molecule has 0 fully saturated rings. The van der Waals surface area contributed by atoms with Gasteiger partial charge in [0.05, 0.1) is 17.4 Å². The Labute approximate surface area is 200 Å². The molecule has 0 aliphatic rings. The maximum atomic E-state index is 11.8. The minimum atomic E-state index is -6.00. The van der Waals surface area contributed by atoms with Crippen LogP contribution < -0.4 is 15.1 Å². The van der Waals surface area contributed by atoms with Crippen LogP contribution in [0.2, 0.25) is 0 Å². The lowest BCUT2D eigenvalue weighted by Crippen LogP contribution is -2.70. The van der Waals surface area contributed by atoms with Gasteiger partial charge in [-0.15, -0.1) is 0 Å². The molecule has 3 aromatic carbocycles. The van der Waals surface area contributed by atoms with Crippen molar-refractivity contribution in [1.29, 1.82) is 0 Å². The van der Waals surface area contributed by atoms with E-state index in [0.29, 0.717) is 5.75 Å². The van der Waals surface area contributed by atoms with Crippen molar-refractivity contribution in [2.24, 2.45) is 5.92 Å². The molecule has 4 rings (SSSR count). The van der Waals surface area contributed by atoms with Gasteiger partial charge in [0.15, 0.2) is 0 Å². The second-order valence-electron chi connectivity index (χ2n) is 8.11. The number of halogens is 4. The Morgan fingerprint density at radius 2 is 1.54 bits per heavy atom. The van der Waals surface area contributed by atoms with Gasteiger partial charge in [-0.2, -0.15) is 0 Å². The molecule has 0 spiro atoms. The highest BCUT2D eigenvalue weighted by molar-refractivity contribution is 6.50. The zero-order chi connectivity index (χ0) is 25.6. The predicted molar refractivity (Wildman–Crippen MR) is 127 cm³/mol. The van der Waals surface area contributed by atoms with Crippen molar-refractivity contribution in [2.75, 3.05) is 0 Å². The van der Waals surface area contributed by atoms with E-state index in [-0.39, 0.29) is 11.9 Å². The van der Waals surface area contributed by atoms with Crippen molar-refractivity contribution in [3.63, 3.8) is 0 Å². The molecule has 182 valence electrons. The van der Waals surface area contributed by atoms with Gasteiger partial charge in [-0.1, -0.05) is 55.8 Å². The Morgan fingerprint density at radius 3 is 2.14 bits per heavy atom. The first-order chi connectivity index (χ1) is 16.5. The van der Waals surface area contributed by atoms with Gasteiger partial charge in [-0.05, 0) is 31.2 Å². The Hall–Kier alpha value is -3.88. The van der Waals surface area contributed by atoms with Crippen molar-refractivity contribution >= 4 is 29.9 Å². The zero-order valence-corrected chi connectivity index (χ0v) is 19.4. The number of hydrogen-bond acceptors (Lipinski definition) is 3. The summed E-state index contributed by atoms with van der Waals surface area (Å²) in [5.74, 6) is 0.918. The molecule has 1 aromatic heterocycles. The summed E-state index contributed by atoms with van der Waals surface area (Å²) >= 11 is 0. The quantitative estimate of drug-likeness (QED) is 0.178. The third-order valence-electron chi connectivity index (χ3n) is 4.80. The number of fused-ring (bicyclic) bond motifs is 1. The van der Waals surface area contributed by atoms with Crippen molar-refractivity contribution in [3.8, 4) is 17.1 Å². The number of ether oxygens (including phenoxy) is 1. The number of carbonyl (C=O) groups excluding carboxylic acids is 1. The van der Waals surface area contributed by atoms with Crippen LogP contribution in [-0.2, 0) is 4.79 Å². The van der Waals surface area contributed by atoms with Crippen molar-refractivity contribution < 1.29 is 36.2 Å². The fourth-order valence-corrected chi connectivity index (χ4v) is 3.14. The summed E-state index contributed by atoms with van der Waals surface area (Å²) in [6.45, 7) is 5.69. The maximum absolute atomic E-state index is 11.8. The largest absolute Gasteiger partial charge is 0.673 e. The molecular weight excluding hydrogens is 461 g/mol. The van der Waals surface area contributed by atoms with Crippen LogP contribution in [0, 0.1) is 12.8 Å². The van der Waals surface area contributed by atoms with Gasteiger partial charge in [-0.3, -0.25) is 4.79 Å². The van der Waals surface area contributed by atoms with Crippen LogP contribution in [0.15, 0.2) is 83.3 Å². The van der Waals surface area contributed by atoms with Gasteiger partial charge >= 0.3 is 13.2 Å². The monoisotopic (exact) mass is 485 g/mol. The van der Waals surface area contributed by atoms with Crippen LogP contribution in [-0.4, -0.2) is 13.2 Å². The topological polar surface area (TPSA) is 53.4 Å². The highest BCUT2D eigenvalue weighted by Gasteiger charge is 2.20. The molecule has 0 atom stereocenters. The normalized spacial score (nSPS) is 11.8. The van der Waals surface area contributed by atoms with Crippen LogP contribution in [0.4, 0.5) is 23.0 Å². The molecule has 0 aliphatic carbocycles. The number of benzene rings is 3. The van der Waals surface area contributed by atoms with Gasteiger partial charge in [0.2, 0.25) is 11.0 Å². The number of aryl methyl sites for hydroxylation is 1. The number of rotatable bonds is 4. The molecule has 4 nitrogen and oxygen atoms in total. The maximum Gasteiger partial charge on any atom is 0.673 e. The van der Waals surface area contributed by atoms with Crippen molar-refractivity contribution in [1.82, 2.24) is 0 Å². The third kappa shape index (κ3) is 7.84. The van der Waals surface area contributed by atoms with E-state index in [4.69, 9.17) is 9.15 Å². The van der Waals surface area contributed by atoms with Crippen LogP contribution in [0.5, 0.6) is 5.75 Å². The van der Waals surface area contributed by atoms with Gasteiger partial charge in [0.25, 0.3) is 0 Å². The Balaban J connectivity index is 0.000000623. The standard InChI is InChI=1S/C26H23NO3.BF4/c1-17(2)26(28)29-21-12-10-20(11-13-21)27-23-16-25(19-7-5-4-6-8-19)30-24-14-9-18(3)15-22(23)24;2-1(3,4)5/h4-17H,1-3H3;/q;-1/p+1. The molecule has 35 heavy (non-hydrogen) atoms. The van der Waals surface area contributed by atoms with Crippen LogP contribution >= 0.6 is 0 Å². The molecule has 1 N–H and O–H groups in total. The fraction of sp³-hybridized carbons (Fsp3) is 0.154. The Morgan fingerprint density at radius 1 is 0.914 bits per heavy atom. The molecule has 0 unspecified atom stereocenters. The molecule has 1 heterocycles. The van der Waals surface area contributed by atoms with Gasteiger partial charge in [0, 0.05) is 17.7 Å². The van der Waals surface area contributed by atoms with Crippen LogP contribution in [0.3, 0.4) is 0 Å². The molecule has 0 amide bonds. The second kappa shape index (κ2) is 11.0. The molecule has 9 heteroatoms. The molecule has 0 radical (unpaired) electrons. The Kier molecular flexibility index (Phi) is 8.12. The predicted octanol–water partition coefficient (Wildman–Crippen LogP) is 5.58. The first-order valence-corrected chi connectivity index (χ1v) is 10.9. The lowest BCUT2D eigenvalue weighted by atomic mass is 10.1. The minimum absolute atomic E-state index is 0.165. The lowest BCUT2D eigenvalue weighted by molar-refractivity contribution is -0.400. The van der Waals surface area contributed by atoms with Gasteiger partial charge < -0.3 is 26.4 Å². The van der Waals surface area contributed by atoms with Gasteiger partial charge in [0.1, 0.15) is 17.1 Å². The fourth-order valence-electron chi connectivity index (χ4n) is 3.14. The summed E-state index contributed by atoms with van der Waals surface area (Å²) in [6.07, 6.45) is 0. The van der Waals surface area contributed by atoms with E-state index < -0.39 is 7.25 Å². The van der Waals surface area contributed by atoms with E-state index in [2.05, 4.69) is 18.0 Å². The second-order valence-corrected chi connectivity index (χ2v) is 8.11. The van der Waals surface area contributed by atoms with E-state index in [1.807, 2.05) is 74.5 Å². The molecular formula is C26H24BF4NO3. The highest BCUT2D eigenvalue weighted by atomic mass is 19.5. The number of hydrogen-bond donors (Lipinski definition) is 1. The summed E-state index contributed by atoms with van der Waals surface area (Å²) in [4.78, 5) is 15.3.